The van der Waals surface area contributed by atoms with Crippen LogP contribution in [0.15, 0.2) is 0 Å². The summed E-state index contributed by atoms with van der Waals surface area (Å²) < 4.78 is 19.1. The van der Waals surface area contributed by atoms with Crippen LogP contribution in [0.1, 0.15) is 6.42 Å². The molecule has 2 rings (SSSR count). The fourth-order valence-corrected chi connectivity index (χ4v) is 0.734. The zero-order chi connectivity index (χ0) is 7.78. The van der Waals surface area contributed by atoms with E-state index in [4.69, 9.17) is 18.9 Å². The topological polar surface area (TPSA) is 36.9 Å². The first-order valence-corrected chi connectivity index (χ1v) is 3.81. The van der Waals surface area contributed by atoms with Crippen molar-refractivity contribution in [3.8, 4) is 0 Å². The van der Waals surface area contributed by atoms with Gasteiger partial charge in [0.05, 0.1) is 26.4 Å². The first kappa shape index (κ1) is 8.93. The summed E-state index contributed by atoms with van der Waals surface area (Å²) in [6.45, 7) is 4.31. The molecule has 0 aliphatic carbocycles. The molecule has 4 heteroatoms. The minimum Gasteiger partial charge on any atom is -0.355 e. The Morgan fingerprint density at radius 3 is 1.18 bits per heavy atom. The maximum absolute atomic E-state index is 4.85. The van der Waals surface area contributed by atoms with Gasteiger partial charge in [0.2, 0.25) is 0 Å². The van der Waals surface area contributed by atoms with Gasteiger partial charge in [0.1, 0.15) is 13.6 Å². The Kier molecular flexibility index (Phi) is 5.31. The number of hydrogen-bond donors (Lipinski definition) is 0. The van der Waals surface area contributed by atoms with Crippen molar-refractivity contribution >= 4 is 0 Å². The van der Waals surface area contributed by atoms with Crippen LogP contribution in [-0.4, -0.2) is 40.0 Å². The van der Waals surface area contributed by atoms with Crippen molar-refractivity contribution in [2.45, 2.75) is 6.42 Å². The molecule has 2 aliphatic heterocycles. The molecular formula is C7H14O4. The summed E-state index contributed by atoms with van der Waals surface area (Å²) in [4.78, 5) is 0. The molecule has 2 aliphatic rings. The van der Waals surface area contributed by atoms with Gasteiger partial charge in [0.15, 0.2) is 0 Å². The molecule has 0 N–H and O–H groups in total. The van der Waals surface area contributed by atoms with Crippen molar-refractivity contribution < 1.29 is 18.9 Å². The molecule has 11 heavy (non-hydrogen) atoms. The van der Waals surface area contributed by atoms with Gasteiger partial charge in [0.25, 0.3) is 0 Å². The Labute approximate surface area is 66.4 Å². The van der Waals surface area contributed by atoms with Gasteiger partial charge in [-0.15, -0.1) is 0 Å². The average molecular weight is 162 g/mol. The van der Waals surface area contributed by atoms with Gasteiger partial charge in [-0.1, -0.05) is 0 Å². The van der Waals surface area contributed by atoms with E-state index in [1.807, 2.05) is 0 Å². The molecule has 0 aromatic carbocycles. The van der Waals surface area contributed by atoms with Crippen molar-refractivity contribution in [2.24, 2.45) is 0 Å². The largest absolute Gasteiger partial charge is 0.355 e. The monoisotopic (exact) mass is 162 g/mol. The Bertz CT molecular complexity index is 59.4. The van der Waals surface area contributed by atoms with Crippen LogP contribution in [0.25, 0.3) is 0 Å². The summed E-state index contributed by atoms with van der Waals surface area (Å²) in [5.74, 6) is 0. The van der Waals surface area contributed by atoms with Crippen LogP contribution in [0.5, 0.6) is 0 Å². The van der Waals surface area contributed by atoms with E-state index < -0.39 is 0 Å². The lowest BCUT2D eigenvalue weighted by Gasteiger charge is -2.09. The van der Waals surface area contributed by atoms with Crippen molar-refractivity contribution in [3.05, 3.63) is 0 Å². The van der Waals surface area contributed by atoms with Crippen LogP contribution < -0.4 is 0 Å². The van der Waals surface area contributed by atoms with Gasteiger partial charge in [-0.05, 0) is 6.42 Å². The molecule has 0 aromatic rings. The Morgan fingerprint density at radius 1 is 0.545 bits per heavy atom. The van der Waals surface area contributed by atoms with Gasteiger partial charge in [0, 0.05) is 0 Å². The van der Waals surface area contributed by atoms with Gasteiger partial charge in [-0.3, -0.25) is 0 Å². The SMILES string of the molecule is C1COCO1.C1COCOC1. The Balaban J connectivity index is 0.000000112. The van der Waals surface area contributed by atoms with Crippen molar-refractivity contribution in [2.75, 3.05) is 40.0 Å². The van der Waals surface area contributed by atoms with E-state index in [1.54, 1.807) is 0 Å². The fourth-order valence-electron chi connectivity index (χ4n) is 0.734. The smallest absolute Gasteiger partial charge is 0.146 e. The zero-order valence-corrected chi connectivity index (χ0v) is 6.58. The lowest BCUT2D eigenvalue weighted by atomic mass is 10.5. The second kappa shape index (κ2) is 6.54. The fraction of sp³-hybridized carbons (Fsp3) is 1.00. The molecule has 0 unspecified atom stereocenters. The minimum atomic E-state index is 0.500. The Hall–Kier alpha value is -0.160. The minimum absolute atomic E-state index is 0.500. The van der Waals surface area contributed by atoms with Crippen LogP contribution in [0.3, 0.4) is 0 Å². The van der Waals surface area contributed by atoms with Gasteiger partial charge >= 0.3 is 0 Å². The normalized spacial score (nSPS) is 24.0. The summed E-state index contributed by atoms with van der Waals surface area (Å²) in [5.41, 5.74) is 0. The lowest BCUT2D eigenvalue weighted by Crippen LogP contribution is -2.11. The van der Waals surface area contributed by atoms with Crippen molar-refractivity contribution in [1.82, 2.24) is 0 Å². The highest BCUT2D eigenvalue weighted by molar-refractivity contribution is 4.34. The molecule has 2 heterocycles. The molecule has 4 nitrogen and oxygen atoms in total. The van der Waals surface area contributed by atoms with E-state index in [-0.39, 0.29) is 0 Å². The highest BCUT2D eigenvalue weighted by Crippen LogP contribution is 1.91. The van der Waals surface area contributed by atoms with E-state index in [2.05, 4.69) is 0 Å². The predicted molar refractivity (Wildman–Crippen MR) is 38.2 cm³/mol. The first-order valence-electron chi connectivity index (χ1n) is 3.81. The summed E-state index contributed by atoms with van der Waals surface area (Å²) in [7, 11) is 0. The number of ether oxygens (including phenoxy) is 4. The number of rotatable bonds is 0. The summed E-state index contributed by atoms with van der Waals surface area (Å²) in [5, 5.41) is 0. The quantitative estimate of drug-likeness (QED) is 0.515. The highest BCUT2D eigenvalue weighted by Gasteiger charge is 1.94. The molecule has 2 fully saturated rings. The first-order chi connectivity index (χ1) is 5.50. The standard InChI is InChI=1S/C4H8O2.C3H6O2/c1-2-5-4-6-3-1;1-2-5-3-4-1/h1-4H2;1-3H2. The Morgan fingerprint density at radius 2 is 1.00 bits per heavy atom. The second-order valence-electron chi connectivity index (χ2n) is 2.22. The van der Waals surface area contributed by atoms with E-state index >= 15 is 0 Å². The van der Waals surface area contributed by atoms with Crippen molar-refractivity contribution in [1.29, 1.82) is 0 Å². The molecule has 0 atom stereocenters. The van der Waals surface area contributed by atoms with Gasteiger partial charge in [-0.2, -0.15) is 0 Å². The maximum Gasteiger partial charge on any atom is 0.146 e. The van der Waals surface area contributed by atoms with Gasteiger partial charge in [-0.25, -0.2) is 0 Å². The van der Waals surface area contributed by atoms with Crippen LogP contribution in [0, 0.1) is 0 Å². The second-order valence-corrected chi connectivity index (χ2v) is 2.22. The van der Waals surface area contributed by atoms with E-state index in [0.29, 0.717) is 13.6 Å². The van der Waals surface area contributed by atoms with Crippen LogP contribution in [0.4, 0.5) is 0 Å². The third kappa shape index (κ3) is 5.15. The molecule has 0 aromatic heterocycles. The van der Waals surface area contributed by atoms with Crippen LogP contribution >= 0.6 is 0 Å². The van der Waals surface area contributed by atoms with Gasteiger partial charge < -0.3 is 18.9 Å². The molecule has 0 amide bonds. The summed E-state index contributed by atoms with van der Waals surface area (Å²) in [6, 6.07) is 0. The summed E-state index contributed by atoms with van der Waals surface area (Å²) >= 11 is 0. The van der Waals surface area contributed by atoms with Crippen LogP contribution in [-0.2, 0) is 18.9 Å². The van der Waals surface area contributed by atoms with Crippen molar-refractivity contribution in [3.63, 3.8) is 0 Å². The lowest BCUT2D eigenvalue weighted by molar-refractivity contribution is -0.0963. The molecule has 2 saturated heterocycles. The molecule has 66 valence electrons. The molecule has 0 saturated carbocycles. The average Bonchev–Trinajstić information content (AvgIpc) is 2.64. The van der Waals surface area contributed by atoms with E-state index in [0.717, 1.165) is 32.8 Å². The van der Waals surface area contributed by atoms with Crippen LogP contribution in [0.2, 0.25) is 0 Å². The molecular weight excluding hydrogens is 148 g/mol. The van der Waals surface area contributed by atoms with E-state index in [9.17, 15) is 0 Å². The highest BCUT2D eigenvalue weighted by atomic mass is 16.7. The molecule has 0 radical (unpaired) electrons. The zero-order valence-electron chi connectivity index (χ0n) is 6.58. The number of hydrogen-bond acceptors (Lipinski definition) is 4. The predicted octanol–water partition coefficient (Wildman–Crippen LogP) is 0.371. The van der Waals surface area contributed by atoms with E-state index in [1.165, 1.54) is 0 Å². The molecule has 0 bridgehead atoms. The third-order valence-electron chi connectivity index (χ3n) is 1.28. The maximum atomic E-state index is 4.85. The molecule has 0 spiro atoms. The summed E-state index contributed by atoms with van der Waals surface area (Å²) in [6.07, 6.45) is 1.06. The third-order valence-corrected chi connectivity index (χ3v) is 1.28.